The summed E-state index contributed by atoms with van der Waals surface area (Å²) in [4.78, 5) is 19.2. The van der Waals surface area contributed by atoms with Crippen molar-refractivity contribution in [1.29, 1.82) is 0 Å². The predicted octanol–water partition coefficient (Wildman–Crippen LogP) is 3.26. The van der Waals surface area contributed by atoms with Crippen LogP contribution in [0.2, 0.25) is 0 Å². The summed E-state index contributed by atoms with van der Waals surface area (Å²) in [5.74, 6) is 1.74. The van der Waals surface area contributed by atoms with E-state index >= 15 is 0 Å². The Morgan fingerprint density at radius 1 is 1.29 bits per heavy atom. The Balaban J connectivity index is 0.000000648. The van der Waals surface area contributed by atoms with Gasteiger partial charge in [-0.3, -0.25) is 4.79 Å². The van der Waals surface area contributed by atoms with Crippen molar-refractivity contribution in [2.45, 2.75) is 46.1 Å². The number of nitrogens with zero attached hydrogens (tertiary/aromatic N) is 3. The van der Waals surface area contributed by atoms with Gasteiger partial charge in [-0.05, 0) is 25.5 Å². The van der Waals surface area contributed by atoms with Gasteiger partial charge in [-0.15, -0.1) is 0 Å². The van der Waals surface area contributed by atoms with Gasteiger partial charge in [-0.1, -0.05) is 25.9 Å². The lowest BCUT2D eigenvalue weighted by atomic mass is 10.2. The Bertz CT molecular complexity index is 594. The zero-order chi connectivity index (χ0) is 17.9. The number of carbonyl (C=O) groups is 1. The number of pyridine rings is 1. The van der Waals surface area contributed by atoms with Crippen LogP contribution in [-0.2, 0) is 9.53 Å². The summed E-state index contributed by atoms with van der Waals surface area (Å²) in [7, 11) is 1.68. The summed E-state index contributed by atoms with van der Waals surface area (Å²) in [5.41, 5.74) is 0.604. The van der Waals surface area contributed by atoms with Crippen LogP contribution in [0.3, 0.4) is 0 Å². The second-order valence-corrected chi connectivity index (χ2v) is 5.27. The van der Waals surface area contributed by atoms with Crippen LogP contribution in [0.4, 0.5) is 0 Å². The second-order valence-electron chi connectivity index (χ2n) is 5.27. The molecule has 0 amide bonds. The van der Waals surface area contributed by atoms with Gasteiger partial charge in [-0.2, -0.15) is 4.98 Å². The number of aldehydes is 1. The van der Waals surface area contributed by atoms with E-state index in [0.717, 1.165) is 12.9 Å². The van der Waals surface area contributed by atoms with Crippen molar-refractivity contribution in [3.05, 3.63) is 24.2 Å². The van der Waals surface area contributed by atoms with Crippen LogP contribution >= 0.6 is 0 Å². The van der Waals surface area contributed by atoms with Crippen molar-refractivity contribution in [3.63, 3.8) is 0 Å². The van der Waals surface area contributed by atoms with Gasteiger partial charge in [0.1, 0.15) is 11.4 Å². The van der Waals surface area contributed by atoms with E-state index in [4.69, 9.17) is 9.26 Å². The van der Waals surface area contributed by atoms with Crippen LogP contribution in [0.5, 0.6) is 5.75 Å². The summed E-state index contributed by atoms with van der Waals surface area (Å²) in [5, 5.41) is 3.89. The van der Waals surface area contributed by atoms with E-state index in [1.807, 2.05) is 27.7 Å². The standard InChI is InChI=1S/C14H17N3O3.C3H8O/c1-4-10(8-18)19-11-5-6-12(15-7-11)13-16-14(9(2)3)20-17-13;1-3-4-2/h5-10H,4H2,1-3H3;3H2,1-2H3. The molecule has 0 N–H and O–H groups in total. The van der Waals surface area contributed by atoms with Crippen molar-refractivity contribution < 1.29 is 18.8 Å². The fourth-order valence-corrected chi connectivity index (χ4v) is 1.54. The maximum absolute atomic E-state index is 10.7. The fourth-order valence-electron chi connectivity index (χ4n) is 1.54. The molecular weight excluding hydrogens is 310 g/mol. The number of hydrogen-bond acceptors (Lipinski definition) is 7. The molecule has 1 unspecified atom stereocenters. The molecule has 2 rings (SSSR count). The van der Waals surface area contributed by atoms with Gasteiger partial charge < -0.3 is 14.0 Å². The highest BCUT2D eigenvalue weighted by molar-refractivity contribution is 5.57. The molecule has 0 fully saturated rings. The number of hydrogen-bond donors (Lipinski definition) is 0. The molecule has 0 spiro atoms. The molecule has 0 aliphatic heterocycles. The van der Waals surface area contributed by atoms with Gasteiger partial charge in [0.2, 0.25) is 11.7 Å². The Morgan fingerprint density at radius 3 is 2.42 bits per heavy atom. The molecule has 0 aliphatic rings. The lowest BCUT2D eigenvalue weighted by molar-refractivity contribution is -0.113. The number of rotatable bonds is 7. The quantitative estimate of drug-likeness (QED) is 0.718. The van der Waals surface area contributed by atoms with Gasteiger partial charge in [0.05, 0.1) is 6.20 Å². The van der Waals surface area contributed by atoms with Crippen LogP contribution in [0, 0.1) is 0 Å². The van der Waals surface area contributed by atoms with E-state index in [-0.39, 0.29) is 5.92 Å². The molecule has 2 aromatic heterocycles. The maximum atomic E-state index is 10.7. The van der Waals surface area contributed by atoms with E-state index in [1.54, 1.807) is 25.4 Å². The Kier molecular flexibility index (Phi) is 8.64. The third kappa shape index (κ3) is 6.08. The second kappa shape index (κ2) is 10.5. The van der Waals surface area contributed by atoms with Crippen LogP contribution in [-0.4, -0.2) is 41.2 Å². The van der Waals surface area contributed by atoms with Gasteiger partial charge in [-0.25, -0.2) is 4.98 Å². The summed E-state index contributed by atoms with van der Waals surface area (Å²) < 4.78 is 15.1. The highest BCUT2D eigenvalue weighted by Crippen LogP contribution is 2.20. The fraction of sp³-hybridized carbons (Fsp3) is 0.529. The van der Waals surface area contributed by atoms with E-state index in [1.165, 1.54) is 0 Å². The summed E-state index contributed by atoms with van der Waals surface area (Å²) in [6.07, 6.45) is 2.50. The van der Waals surface area contributed by atoms with Crippen molar-refractivity contribution in [1.82, 2.24) is 15.1 Å². The van der Waals surface area contributed by atoms with Crippen LogP contribution < -0.4 is 4.74 Å². The molecular formula is C17H25N3O4. The minimum absolute atomic E-state index is 0.178. The zero-order valence-corrected chi connectivity index (χ0v) is 14.9. The molecule has 2 aromatic rings. The molecule has 0 saturated heterocycles. The highest BCUT2D eigenvalue weighted by Gasteiger charge is 2.13. The minimum atomic E-state index is -0.444. The van der Waals surface area contributed by atoms with E-state index in [2.05, 4.69) is 19.9 Å². The van der Waals surface area contributed by atoms with Gasteiger partial charge in [0.25, 0.3) is 0 Å². The average Bonchev–Trinajstić information content (AvgIpc) is 3.11. The number of carbonyl (C=O) groups excluding carboxylic acids is 1. The van der Waals surface area contributed by atoms with E-state index in [9.17, 15) is 4.79 Å². The largest absolute Gasteiger partial charge is 0.481 e. The monoisotopic (exact) mass is 335 g/mol. The van der Waals surface area contributed by atoms with Crippen LogP contribution in [0.25, 0.3) is 11.5 Å². The molecule has 132 valence electrons. The van der Waals surface area contributed by atoms with Gasteiger partial charge in [0.15, 0.2) is 12.4 Å². The molecule has 24 heavy (non-hydrogen) atoms. The summed E-state index contributed by atoms with van der Waals surface area (Å²) in [6, 6.07) is 3.47. The SMILES string of the molecule is CCC(C=O)Oc1ccc(-c2noc(C(C)C)n2)nc1.CCOC. The molecule has 0 aromatic carbocycles. The smallest absolute Gasteiger partial charge is 0.229 e. The normalized spacial score (nSPS) is 11.6. The predicted molar refractivity (Wildman–Crippen MR) is 89.9 cm³/mol. The van der Waals surface area contributed by atoms with Crippen molar-refractivity contribution in [2.24, 2.45) is 0 Å². The average molecular weight is 335 g/mol. The topological polar surface area (TPSA) is 87.3 Å². The third-order valence-corrected chi connectivity index (χ3v) is 3.03. The Hall–Kier alpha value is -2.28. The lowest BCUT2D eigenvalue weighted by Crippen LogP contribution is -2.16. The van der Waals surface area contributed by atoms with Gasteiger partial charge >= 0.3 is 0 Å². The number of ether oxygens (including phenoxy) is 2. The summed E-state index contributed by atoms with van der Waals surface area (Å²) >= 11 is 0. The number of methoxy groups -OCH3 is 1. The lowest BCUT2D eigenvalue weighted by Gasteiger charge is -2.10. The zero-order valence-electron chi connectivity index (χ0n) is 14.9. The van der Waals surface area contributed by atoms with Crippen LogP contribution in [0.1, 0.15) is 45.9 Å². The number of aromatic nitrogens is 3. The third-order valence-electron chi connectivity index (χ3n) is 3.03. The van der Waals surface area contributed by atoms with E-state index < -0.39 is 6.10 Å². The molecule has 0 saturated carbocycles. The molecule has 1 atom stereocenters. The van der Waals surface area contributed by atoms with Crippen molar-refractivity contribution in [2.75, 3.05) is 13.7 Å². The Morgan fingerprint density at radius 2 is 2.00 bits per heavy atom. The molecule has 7 nitrogen and oxygen atoms in total. The van der Waals surface area contributed by atoms with E-state index in [0.29, 0.717) is 29.6 Å². The molecule has 0 aliphatic carbocycles. The highest BCUT2D eigenvalue weighted by atomic mass is 16.5. The molecule has 0 radical (unpaired) electrons. The molecule has 0 bridgehead atoms. The summed E-state index contributed by atoms with van der Waals surface area (Å²) in [6.45, 7) is 8.62. The minimum Gasteiger partial charge on any atom is -0.481 e. The Labute approximate surface area is 142 Å². The van der Waals surface area contributed by atoms with Crippen LogP contribution in [0.15, 0.2) is 22.9 Å². The van der Waals surface area contributed by atoms with Gasteiger partial charge in [0, 0.05) is 19.6 Å². The first kappa shape index (κ1) is 19.8. The first-order valence-corrected chi connectivity index (χ1v) is 7.96. The molecule has 7 heteroatoms. The van der Waals surface area contributed by atoms with Crippen molar-refractivity contribution >= 4 is 6.29 Å². The molecule has 2 heterocycles. The first-order valence-electron chi connectivity index (χ1n) is 7.96. The first-order chi connectivity index (χ1) is 11.5. The maximum Gasteiger partial charge on any atom is 0.229 e. The van der Waals surface area contributed by atoms with Crippen molar-refractivity contribution in [3.8, 4) is 17.3 Å².